The smallest absolute Gasteiger partial charge is 0.370 e. The number of nitrogens with zero attached hydrogens (tertiary/aromatic N) is 1. The lowest BCUT2D eigenvalue weighted by atomic mass is 9.89. The first-order valence-corrected chi connectivity index (χ1v) is 5.78. The fourth-order valence-corrected chi connectivity index (χ4v) is 1.89. The largest absolute Gasteiger partial charge is 0.481 e. The number of carbonyl (C=O) groups is 4. The van der Waals surface area contributed by atoms with Gasteiger partial charge in [0.05, 0.1) is 6.42 Å². The van der Waals surface area contributed by atoms with Crippen molar-refractivity contribution in [1.82, 2.24) is 0 Å². The van der Waals surface area contributed by atoms with E-state index in [1.165, 1.54) is 0 Å². The topological polar surface area (TPSA) is 201 Å². The van der Waals surface area contributed by atoms with Crippen LogP contribution in [0.4, 0.5) is 0 Å². The van der Waals surface area contributed by atoms with E-state index in [2.05, 4.69) is 0 Å². The standard InChI is InChI=1S/C10H17N3O8/c11-13(12,3-1-2-6(14)15)10(9(20)21,4-7(16)17)5-8(18)19/h1-5,11-12H2,(H3-,14,15,16,17,18,19,20,21)/p+1. The predicted octanol–water partition coefficient (Wildman–Crippen LogP) is -1.81. The molecule has 0 saturated heterocycles. The molecule has 0 amide bonds. The summed E-state index contributed by atoms with van der Waals surface area (Å²) in [5.41, 5.74) is -2.50. The molecule has 0 aromatic heterocycles. The molecule has 0 fully saturated rings. The van der Waals surface area contributed by atoms with E-state index in [-0.39, 0.29) is 12.8 Å². The molecule has 21 heavy (non-hydrogen) atoms. The Bertz CT molecular complexity index is 432. The van der Waals surface area contributed by atoms with Crippen molar-refractivity contribution in [3.05, 3.63) is 0 Å². The van der Waals surface area contributed by atoms with Crippen LogP contribution in [0.1, 0.15) is 25.7 Å². The molecule has 0 saturated carbocycles. The Labute approximate surface area is 118 Å². The first-order valence-electron chi connectivity index (χ1n) is 5.78. The molecule has 0 aliphatic heterocycles. The zero-order valence-electron chi connectivity index (χ0n) is 11.1. The number of rotatable bonds is 10. The Balaban J connectivity index is 5.49. The van der Waals surface area contributed by atoms with Gasteiger partial charge in [0.15, 0.2) is 0 Å². The first-order chi connectivity index (χ1) is 9.44. The molecule has 8 N–H and O–H groups in total. The second kappa shape index (κ2) is 6.97. The van der Waals surface area contributed by atoms with Crippen LogP contribution in [0.3, 0.4) is 0 Å². The number of carboxylic acid groups (broad SMARTS) is 4. The maximum atomic E-state index is 11.4. The molecule has 120 valence electrons. The van der Waals surface area contributed by atoms with Gasteiger partial charge in [-0.15, -0.1) is 0 Å². The highest BCUT2D eigenvalue weighted by Gasteiger charge is 2.58. The SMILES string of the molecule is N[N+](N)(CCCC(=O)O)C(CC(=O)O)(CC(=O)O)C(=O)O. The molecule has 0 aliphatic carbocycles. The van der Waals surface area contributed by atoms with Crippen LogP contribution in [0.2, 0.25) is 0 Å². The molecule has 0 radical (unpaired) electrons. The molecule has 0 atom stereocenters. The van der Waals surface area contributed by atoms with Gasteiger partial charge in [-0.25, -0.2) is 4.79 Å². The van der Waals surface area contributed by atoms with Crippen LogP contribution in [-0.4, -0.2) is 61.1 Å². The number of aliphatic carboxylic acids is 4. The second-order valence-electron chi connectivity index (χ2n) is 4.63. The zero-order chi connectivity index (χ0) is 16.8. The van der Waals surface area contributed by atoms with Crippen LogP contribution in [0.15, 0.2) is 0 Å². The van der Waals surface area contributed by atoms with Crippen LogP contribution in [0.5, 0.6) is 0 Å². The monoisotopic (exact) mass is 308 g/mol. The van der Waals surface area contributed by atoms with Crippen molar-refractivity contribution >= 4 is 23.9 Å². The van der Waals surface area contributed by atoms with Crippen molar-refractivity contribution in [1.29, 1.82) is 0 Å². The van der Waals surface area contributed by atoms with Crippen LogP contribution in [0, 0.1) is 0 Å². The summed E-state index contributed by atoms with van der Waals surface area (Å²) in [4.78, 5) is 43.6. The van der Waals surface area contributed by atoms with Crippen LogP contribution in [-0.2, 0) is 19.2 Å². The quantitative estimate of drug-likeness (QED) is 0.152. The summed E-state index contributed by atoms with van der Waals surface area (Å²) in [7, 11) is 0. The van der Waals surface area contributed by atoms with Crippen molar-refractivity contribution in [3.63, 3.8) is 0 Å². The van der Waals surface area contributed by atoms with E-state index < -0.39 is 53.5 Å². The van der Waals surface area contributed by atoms with E-state index in [1.807, 2.05) is 0 Å². The van der Waals surface area contributed by atoms with Gasteiger partial charge in [-0.1, -0.05) is 0 Å². The lowest BCUT2D eigenvalue weighted by Crippen LogP contribution is -2.77. The fraction of sp³-hybridized carbons (Fsp3) is 0.600. The highest BCUT2D eigenvalue weighted by molar-refractivity contribution is 5.88. The number of nitrogens with two attached hydrogens (primary N) is 2. The molecule has 11 nitrogen and oxygen atoms in total. The third-order valence-electron chi connectivity index (χ3n) is 3.00. The molecule has 0 spiro atoms. The summed E-state index contributed by atoms with van der Waals surface area (Å²) >= 11 is 0. The third-order valence-corrected chi connectivity index (χ3v) is 3.00. The minimum absolute atomic E-state index is 0.142. The lowest BCUT2D eigenvalue weighted by molar-refractivity contribution is -0.989. The molecule has 0 bridgehead atoms. The lowest BCUT2D eigenvalue weighted by Gasteiger charge is -2.40. The molecule has 0 heterocycles. The average Bonchev–Trinajstić information content (AvgIpc) is 2.24. The molecule has 0 rings (SSSR count). The molecule has 0 aliphatic rings. The summed E-state index contributed by atoms with van der Waals surface area (Å²) in [6.07, 6.45) is -2.75. The Hall–Kier alpha value is -2.24. The fourth-order valence-electron chi connectivity index (χ4n) is 1.89. The van der Waals surface area contributed by atoms with E-state index in [0.29, 0.717) is 0 Å². The van der Waals surface area contributed by atoms with Crippen LogP contribution in [0.25, 0.3) is 0 Å². The second-order valence-corrected chi connectivity index (χ2v) is 4.63. The molecule has 0 aromatic carbocycles. The summed E-state index contributed by atoms with van der Waals surface area (Å²) in [5.74, 6) is 5.06. The van der Waals surface area contributed by atoms with Gasteiger partial charge in [0, 0.05) is 6.42 Å². The van der Waals surface area contributed by atoms with Crippen molar-refractivity contribution in [2.24, 2.45) is 11.7 Å². The normalized spacial score (nSPS) is 11.9. The van der Waals surface area contributed by atoms with E-state index >= 15 is 0 Å². The van der Waals surface area contributed by atoms with Gasteiger partial charge in [-0.05, 0) is 0 Å². The molecule has 0 aromatic rings. The average molecular weight is 308 g/mol. The molecular weight excluding hydrogens is 290 g/mol. The molecular formula is C10H18N3O8+. The van der Waals surface area contributed by atoms with Gasteiger partial charge >= 0.3 is 23.9 Å². The Kier molecular flexibility index (Phi) is 6.22. The van der Waals surface area contributed by atoms with E-state index in [9.17, 15) is 24.3 Å². The number of hydrogen-bond donors (Lipinski definition) is 6. The van der Waals surface area contributed by atoms with Crippen molar-refractivity contribution < 1.29 is 44.3 Å². The Morgan fingerprint density at radius 3 is 1.57 bits per heavy atom. The summed E-state index contributed by atoms with van der Waals surface area (Å²) < 4.78 is -1.44. The van der Waals surface area contributed by atoms with Crippen LogP contribution >= 0.6 is 0 Å². The summed E-state index contributed by atoms with van der Waals surface area (Å²) in [6, 6.07) is 0. The first kappa shape index (κ1) is 18.8. The summed E-state index contributed by atoms with van der Waals surface area (Å²) in [5, 5.41) is 35.4. The van der Waals surface area contributed by atoms with Gasteiger partial charge in [0.1, 0.15) is 19.4 Å². The number of carboxylic acids is 4. The highest BCUT2D eigenvalue weighted by Crippen LogP contribution is 2.27. The highest BCUT2D eigenvalue weighted by atomic mass is 16.4. The predicted molar refractivity (Wildman–Crippen MR) is 65.2 cm³/mol. The number of hydrogen-bond acceptors (Lipinski definition) is 6. The summed E-state index contributed by atoms with van der Waals surface area (Å²) in [6.45, 7) is -0.418. The van der Waals surface area contributed by atoms with Gasteiger partial charge in [-0.3, -0.25) is 14.4 Å². The van der Waals surface area contributed by atoms with Crippen molar-refractivity contribution in [3.8, 4) is 0 Å². The minimum Gasteiger partial charge on any atom is -0.481 e. The van der Waals surface area contributed by atoms with Crippen molar-refractivity contribution in [2.75, 3.05) is 6.54 Å². The van der Waals surface area contributed by atoms with E-state index in [1.54, 1.807) is 0 Å². The third kappa shape index (κ3) is 4.98. The maximum absolute atomic E-state index is 11.4. The Morgan fingerprint density at radius 2 is 1.29 bits per heavy atom. The van der Waals surface area contributed by atoms with Gasteiger partial charge in [0.25, 0.3) is 5.54 Å². The maximum Gasteiger partial charge on any atom is 0.370 e. The Morgan fingerprint density at radius 1 is 0.857 bits per heavy atom. The van der Waals surface area contributed by atoms with E-state index in [4.69, 9.17) is 27.0 Å². The molecule has 0 unspecified atom stereocenters. The van der Waals surface area contributed by atoms with Gasteiger partial charge in [0.2, 0.25) is 0 Å². The number of quaternary nitrogens is 1. The van der Waals surface area contributed by atoms with Crippen molar-refractivity contribution in [2.45, 2.75) is 31.2 Å². The minimum atomic E-state index is -2.50. The zero-order valence-corrected chi connectivity index (χ0v) is 11.1. The van der Waals surface area contributed by atoms with E-state index in [0.717, 1.165) is 0 Å². The van der Waals surface area contributed by atoms with Crippen LogP contribution < -0.4 is 11.7 Å². The molecule has 11 heteroatoms. The van der Waals surface area contributed by atoms with Gasteiger partial charge in [-0.2, -0.15) is 16.4 Å². The van der Waals surface area contributed by atoms with Gasteiger partial charge < -0.3 is 20.4 Å².